The average molecular weight is 277 g/mol. The van der Waals surface area contributed by atoms with E-state index >= 15 is 0 Å². The molecule has 1 aromatic carbocycles. The van der Waals surface area contributed by atoms with E-state index in [0.29, 0.717) is 6.61 Å². The number of unbranched alkanes of at least 4 members (excludes halogenated alkanes) is 7. The summed E-state index contributed by atoms with van der Waals surface area (Å²) < 4.78 is 0. The van der Waals surface area contributed by atoms with Gasteiger partial charge < -0.3 is 10.4 Å². The second-order valence-electron chi connectivity index (χ2n) is 5.66. The number of hydrogen-bond acceptors (Lipinski definition) is 2. The van der Waals surface area contributed by atoms with Crippen LogP contribution < -0.4 is 5.32 Å². The van der Waals surface area contributed by atoms with E-state index in [0.717, 1.165) is 19.5 Å². The fourth-order valence-electron chi connectivity index (χ4n) is 2.45. The standard InChI is InChI=1S/C18H31NO/c1-17-12-8-9-13-18(17)16-19-14-10-6-4-2-3-5-7-11-15-20/h8-9,12-13,19-20H,2-7,10-11,14-16H2,1H3. The number of aryl methyl sites for hydroxylation is 1. The van der Waals surface area contributed by atoms with Crippen molar-refractivity contribution >= 4 is 0 Å². The van der Waals surface area contributed by atoms with Gasteiger partial charge in [0.25, 0.3) is 0 Å². The van der Waals surface area contributed by atoms with Crippen molar-refractivity contribution < 1.29 is 5.11 Å². The summed E-state index contributed by atoms with van der Waals surface area (Å²) in [6.45, 7) is 4.65. The third-order valence-corrected chi connectivity index (χ3v) is 3.84. The van der Waals surface area contributed by atoms with Crippen LogP contribution in [0.25, 0.3) is 0 Å². The minimum Gasteiger partial charge on any atom is -0.396 e. The number of nitrogens with one attached hydrogen (secondary N) is 1. The molecule has 0 aliphatic carbocycles. The number of aliphatic hydroxyl groups is 1. The van der Waals surface area contributed by atoms with Crippen molar-refractivity contribution in [3.8, 4) is 0 Å². The van der Waals surface area contributed by atoms with Gasteiger partial charge in [-0.2, -0.15) is 0 Å². The van der Waals surface area contributed by atoms with Gasteiger partial charge in [0.15, 0.2) is 0 Å². The Morgan fingerprint density at radius 3 is 2.10 bits per heavy atom. The van der Waals surface area contributed by atoms with Gasteiger partial charge in [-0.3, -0.25) is 0 Å². The van der Waals surface area contributed by atoms with Crippen LogP contribution in [-0.4, -0.2) is 18.3 Å². The molecule has 0 aromatic heterocycles. The smallest absolute Gasteiger partial charge is 0.0431 e. The van der Waals surface area contributed by atoms with Gasteiger partial charge in [-0.15, -0.1) is 0 Å². The Balaban J connectivity index is 1.87. The molecule has 0 saturated heterocycles. The number of rotatable bonds is 12. The zero-order valence-electron chi connectivity index (χ0n) is 13.0. The van der Waals surface area contributed by atoms with Crippen LogP contribution in [0.2, 0.25) is 0 Å². The fourth-order valence-corrected chi connectivity index (χ4v) is 2.45. The summed E-state index contributed by atoms with van der Waals surface area (Å²) >= 11 is 0. The molecule has 0 spiro atoms. The molecule has 0 unspecified atom stereocenters. The Labute approximate surface area is 124 Å². The minimum atomic E-state index is 0.354. The lowest BCUT2D eigenvalue weighted by Crippen LogP contribution is -2.15. The van der Waals surface area contributed by atoms with Gasteiger partial charge >= 0.3 is 0 Å². The first kappa shape index (κ1) is 17.2. The van der Waals surface area contributed by atoms with Crippen LogP contribution in [0.4, 0.5) is 0 Å². The highest BCUT2D eigenvalue weighted by molar-refractivity contribution is 5.25. The van der Waals surface area contributed by atoms with Gasteiger partial charge in [-0.1, -0.05) is 62.8 Å². The molecule has 0 atom stereocenters. The van der Waals surface area contributed by atoms with Crippen LogP contribution in [0.1, 0.15) is 62.5 Å². The summed E-state index contributed by atoms with van der Waals surface area (Å²) in [5, 5.41) is 12.2. The van der Waals surface area contributed by atoms with E-state index in [-0.39, 0.29) is 0 Å². The molecule has 0 saturated carbocycles. The molecular formula is C18H31NO. The third-order valence-electron chi connectivity index (χ3n) is 3.84. The van der Waals surface area contributed by atoms with Crippen molar-refractivity contribution in [2.45, 2.75) is 64.8 Å². The maximum absolute atomic E-state index is 8.68. The first-order chi connectivity index (χ1) is 9.84. The van der Waals surface area contributed by atoms with Crippen molar-refractivity contribution in [2.24, 2.45) is 0 Å². The molecular weight excluding hydrogens is 246 g/mol. The van der Waals surface area contributed by atoms with Crippen molar-refractivity contribution in [1.82, 2.24) is 5.32 Å². The van der Waals surface area contributed by atoms with Crippen LogP contribution in [0.3, 0.4) is 0 Å². The molecule has 1 aromatic rings. The maximum Gasteiger partial charge on any atom is 0.0431 e. The minimum absolute atomic E-state index is 0.354. The molecule has 1 rings (SSSR count). The Morgan fingerprint density at radius 1 is 0.850 bits per heavy atom. The van der Waals surface area contributed by atoms with Gasteiger partial charge in [-0.05, 0) is 37.4 Å². The Bertz CT molecular complexity index is 338. The summed E-state index contributed by atoms with van der Waals surface area (Å²) in [4.78, 5) is 0. The van der Waals surface area contributed by atoms with E-state index in [2.05, 4.69) is 36.5 Å². The molecule has 0 fully saturated rings. The topological polar surface area (TPSA) is 32.3 Å². The molecule has 2 N–H and O–H groups in total. The quantitative estimate of drug-likeness (QED) is 0.561. The molecule has 2 heteroatoms. The van der Waals surface area contributed by atoms with E-state index in [1.807, 2.05) is 0 Å². The van der Waals surface area contributed by atoms with Gasteiger partial charge in [0, 0.05) is 13.2 Å². The Kier molecular flexibility index (Phi) is 10.3. The zero-order valence-corrected chi connectivity index (χ0v) is 13.0. The average Bonchev–Trinajstić information content (AvgIpc) is 2.46. The van der Waals surface area contributed by atoms with E-state index in [1.54, 1.807) is 0 Å². The first-order valence-electron chi connectivity index (χ1n) is 8.20. The molecule has 0 bridgehead atoms. The highest BCUT2D eigenvalue weighted by Gasteiger charge is 1.96. The van der Waals surface area contributed by atoms with Crippen molar-refractivity contribution in [2.75, 3.05) is 13.2 Å². The van der Waals surface area contributed by atoms with Crippen LogP contribution in [-0.2, 0) is 6.54 Å². The Morgan fingerprint density at radius 2 is 1.45 bits per heavy atom. The number of benzene rings is 1. The van der Waals surface area contributed by atoms with E-state index in [9.17, 15) is 0 Å². The maximum atomic E-state index is 8.68. The molecule has 20 heavy (non-hydrogen) atoms. The molecule has 0 radical (unpaired) electrons. The first-order valence-corrected chi connectivity index (χ1v) is 8.20. The number of aliphatic hydroxyl groups excluding tert-OH is 1. The van der Waals surface area contributed by atoms with Crippen LogP contribution >= 0.6 is 0 Å². The zero-order chi connectivity index (χ0) is 14.5. The molecule has 0 heterocycles. The van der Waals surface area contributed by atoms with Gasteiger partial charge in [0.2, 0.25) is 0 Å². The second-order valence-corrected chi connectivity index (χ2v) is 5.66. The predicted octanol–water partition coefficient (Wildman–Crippen LogP) is 4.20. The normalized spacial score (nSPS) is 10.9. The fraction of sp³-hybridized carbons (Fsp3) is 0.667. The lowest BCUT2D eigenvalue weighted by Gasteiger charge is -2.07. The lowest BCUT2D eigenvalue weighted by atomic mass is 10.1. The van der Waals surface area contributed by atoms with Crippen molar-refractivity contribution in [1.29, 1.82) is 0 Å². The molecule has 114 valence electrons. The summed E-state index contributed by atoms with van der Waals surface area (Å²) in [7, 11) is 0. The molecule has 0 amide bonds. The Hall–Kier alpha value is -0.860. The largest absolute Gasteiger partial charge is 0.396 e. The van der Waals surface area contributed by atoms with Gasteiger partial charge in [0.1, 0.15) is 0 Å². The van der Waals surface area contributed by atoms with E-state index in [1.165, 1.54) is 56.1 Å². The third kappa shape index (κ3) is 8.34. The van der Waals surface area contributed by atoms with Gasteiger partial charge in [-0.25, -0.2) is 0 Å². The summed E-state index contributed by atoms with van der Waals surface area (Å²) in [5.41, 5.74) is 2.79. The second kappa shape index (κ2) is 11.9. The van der Waals surface area contributed by atoms with Gasteiger partial charge in [0.05, 0.1) is 0 Å². The lowest BCUT2D eigenvalue weighted by molar-refractivity contribution is 0.282. The van der Waals surface area contributed by atoms with E-state index < -0.39 is 0 Å². The molecule has 2 nitrogen and oxygen atoms in total. The van der Waals surface area contributed by atoms with Crippen molar-refractivity contribution in [3.05, 3.63) is 35.4 Å². The van der Waals surface area contributed by atoms with Crippen LogP contribution in [0.5, 0.6) is 0 Å². The monoisotopic (exact) mass is 277 g/mol. The molecule has 0 aliphatic heterocycles. The summed E-state index contributed by atoms with van der Waals surface area (Å²) in [6.07, 6.45) is 10.1. The predicted molar refractivity (Wildman–Crippen MR) is 86.9 cm³/mol. The van der Waals surface area contributed by atoms with Crippen LogP contribution in [0, 0.1) is 6.92 Å². The van der Waals surface area contributed by atoms with Crippen molar-refractivity contribution in [3.63, 3.8) is 0 Å². The highest BCUT2D eigenvalue weighted by Crippen LogP contribution is 2.09. The van der Waals surface area contributed by atoms with E-state index in [4.69, 9.17) is 5.11 Å². The highest BCUT2D eigenvalue weighted by atomic mass is 16.2. The summed E-state index contributed by atoms with van der Waals surface area (Å²) in [5.74, 6) is 0. The van der Waals surface area contributed by atoms with Crippen LogP contribution in [0.15, 0.2) is 24.3 Å². The number of hydrogen-bond donors (Lipinski definition) is 2. The molecule has 0 aliphatic rings. The summed E-state index contributed by atoms with van der Waals surface area (Å²) in [6, 6.07) is 8.59. The SMILES string of the molecule is Cc1ccccc1CNCCCCCCCCCCO.